The fourth-order valence-corrected chi connectivity index (χ4v) is 2.51. The van der Waals surface area contributed by atoms with Gasteiger partial charge in [0.1, 0.15) is 12.1 Å². The van der Waals surface area contributed by atoms with Crippen LogP contribution in [0.3, 0.4) is 0 Å². The van der Waals surface area contributed by atoms with Crippen LogP contribution in [0.25, 0.3) is 0 Å². The van der Waals surface area contributed by atoms with Gasteiger partial charge in [-0.1, -0.05) is 58.0 Å². The van der Waals surface area contributed by atoms with Crippen molar-refractivity contribution in [2.45, 2.75) is 52.2 Å². The third kappa shape index (κ3) is 6.48. The van der Waals surface area contributed by atoms with Gasteiger partial charge in [0.15, 0.2) is 0 Å². The van der Waals surface area contributed by atoms with Gasteiger partial charge in [-0.25, -0.2) is 4.79 Å². The van der Waals surface area contributed by atoms with E-state index in [0.29, 0.717) is 6.42 Å². The normalized spacial score (nSPS) is 14.6. The topological polar surface area (TPSA) is 122 Å². The van der Waals surface area contributed by atoms with Crippen LogP contribution in [-0.2, 0) is 20.8 Å². The van der Waals surface area contributed by atoms with Gasteiger partial charge in [0.25, 0.3) is 0 Å². The van der Waals surface area contributed by atoms with Gasteiger partial charge in [-0.3, -0.25) is 9.59 Å². The lowest BCUT2D eigenvalue weighted by molar-refractivity contribution is -0.143. The second-order valence-corrected chi connectivity index (χ2v) is 7.10. The van der Waals surface area contributed by atoms with Gasteiger partial charge < -0.3 is 21.5 Å². The fourth-order valence-electron chi connectivity index (χ4n) is 2.51. The average molecular weight is 363 g/mol. The molecule has 7 heteroatoms. The first kappa shape index (κ1) is 21.6. The summed E-state index contributed by atoms with van der Waals surface area (Å²) in [4.78, 5) is 36.2. The lowest BCUT2D eigenvalue weighted by atomic mass is 9.99. The number of carbonyl (C=O) groups is 3. The number of aliphatic carboxylic acids is 1. The van der Waals surface area contributed by atoms with E-state index in [4.69, 9.17) is 5.73 Å². The van der Waals surface area contributed by atoms with Crippen LogP contribution < -0.4 is 16.4 Å². The smallest absolute Gasteiger partial charge is 0.326 e. The Hall–Kier alpha value is -2.41. The fraction of sp³-hybridized carbons (Fsp3) is 0.526. The van der Waals surface area contributed by atoms with E-state index in [-0.39, 0.29) is 11.8 Å². The van der Waals surface area contributed by atoms with Gasteiger partial charge in [-0.15, -0.1) is 0 Å². The lowest BCUT2D eigenvalue weighted by Gasteiger charge is -2.26. The van der Waals surface area contributed by atoms with Crippen molar-refractivity contribution in [3.63, 3.8) is 0 Å². The Morgan fingerprint density at radius 3 is 1.88 bits per heavy atom. The molecule has 0 aliphatic rings. The van der Waals surface area contributed by atoms with E-state index >= 15 is 0 Å². The molecule has 144 valence electrons. The quantitative estimate of drug-likeness (QED) is 0.520. The van der Waals surface area contributed by atoms with Gasteiger partial charge in [-0.2, -0.15) is 0 Å². The van der Waals surface area contributed by atoms with E-state index in [0.717, 1.165) is 5.56 Å². The first-order valence-corrected chi connectivity index (χ1v) is 8.76. The summed E-state index contributed by atoms with van der Waals surface area (Å²) in [5.41, 5.74) is 6.88. The van der Waals surface area contributed by atoms with Crippen molar-refractivity contribution in [3.8, 4) is 0 Å². The average Bonchev–Trinajstić information content (AvgIpc) is 2.56. The molecule has 1 aromatic rings. The maximum atomic E-state index is 12.5. The molecule has 0 spiro atoms. The monoisotopic (exact) mass is 363 g/mol. The Morgan fingerprint density at radius 2 is 1.42 bits per heavy atom. The summed E-state index contributed by atoms with van der Waals surface area (Å²) in [6.45, 7) is 6.96. The number of amides is 2. The van der Waals surface area contributed by atoms with Gasteiger partial charge in [0.05, 0.1) is 6.04 Å². The van der Waals surface area contributed by atoms with Gasteiger partial charge in [0, 0.05) is 0 Å². The van der Waals surface area contributed by atoms with E-state index < -0.39 is 35.9 Å². The van der Waals surface area contributed by atoms with Crippen molar-refractivity contribution >= 4 is 17.8 Å². The van der Waals surface area contributed by atoms with Gasteiger partial charge >= 0.3 is 5.97 Å². The van der Waals surface area contributed by atoms with Crippen molar-refractivity contribution in [1.29, 1.82) is 0 Å². The van der Waals surface area contributed by atoms with Crippen LogP contribution in [0.15, 0.2) is 30.3 Å². The number of hydrogen-bond donors (Lipinski definition) is 4. The molecule has 1 rings (SSSR count). The molecule has 0 aliphatic carbocycles. The van der Waals surface area contributed by atoms with Crippen LogP contribution in [0.5, 0.6) is 0 Å². The summed E-state index contributed by atoms with van der Waals surface area (Å²) in [7, 11) is 0. The number of hydrogen-bond acceptors (Lipinski definition) is 4. The largest absolute Gasteiger partial charge is 0.480 e. The van der Waals surface area contributed by atoms with E-state index in [9.17, 15) is 19.5 Å². The number of benzene rings is 1. The van der Waals surface area contributed by atoms with Crippen LogP contribution in [0.2, 0.25) is 0 Å². The highest BCUT2D eigenvalue weighted by molar-refractivity contribution is 5.92. The number of nitrogens with two attached hydrogens (primary N) is 1. The molecule has 2 amide bonds. The van der Waals surface area contributed by atoms with E-state index in [1.165, 1.54) is 0 Å². The molecule has 0 aliphatic heterocycles. The number of carboxylic acids is 1. The molecule has 7 nitrogen and oxygen atoms in total. The zero-order valence-electron chi connectivity index (χ0n) is 15.7. The number of carboxylic acid groups (broad SMARTS) is 1. The molecular weight excluding hydrogens is 334 g/mol. The Balaban J connectivity index is 2.75. The summed E-state index contributed by atoms with van der Waals surface area (Å²) in [6, 6.07) is 6.68. The molecule has 0 unspecified atom stereocenters. The Kier molecular flexibility index (Phi) is 8.25. The Morgan fingerprint density at radius 1 is 0.923 bits per heavy atom. The molecule has 0 aromatic heterocycles. The second-order valence-electron chi connectivity index (χ2n) is 7.10. The summed E-state index contributed by atoms with van der Waals surface area (Å²) in [6.07, 6.45) is 0.350. The molecule has 0 saturated carbocycles. The van der Waals surface area contributed by atoms with Crippen LogP contribution >= 0.6 is 0 Å². The minimum Gasteiger partial charge on any atom is -0.480 e. The SMILES string of the molecule is CC(C)[C@H](NC(=O)[C@@H](NC(=O)[C@@H](N)Cc1ccccc1)C(C)C)C(=O)O. The number of nitrogens with one attached hydrogen (secondary N) is 2. The lowest BCUT2D eigenvalue weighted by Crippen LogP contribution is -2.57. The van der Waals surface area contributed by atoms with Crippen molar-refractivity contribution in [3.05, 3.63) is 35.9 Å². The Bertz CT molecular complexity index is 616. The highest BCUT2D eigenvalue weighted by Gasteiger charge is 2.31. The third-order valence-corrected chi connectivity index (χ3v) is 4.11. The number of carbonyl (C=O) groups excluding carboxylic acids is 2. The highest BCUT2D eigenvalue weighted by atomic mass is 16.4. The van der Waals surface area contributed by atoms with Crippen molar-refractivity contribution in [2.24, 2.45) is 17.6 Å². The molecule has 1 aromatic carbocycles. The molecule has 0 fully saturated rings. The zero-order chi connectivity index (χ0) is 19.9. The first-order valence-electron chi connectivity index (χ1n) is 8.76. The van der Waals surface area contributed by atoms with E-state index in [1.807, 2.05) is 30.3 Å². The predicted molar refractivity (Wildman–Crippen MR) is 99.3 cm³/mol. The maximum Gasteiger partial charge on any atom is 0.326 e. The van der Waals surface area contributed by atoms with Crippen LogP contribution in [-0.4, -0.2) is 41.0 Å². The summed E-state index contributed by atoms with van der Waals surface area (Å²) >= 11 is 0. The second kappa shape index (κ2) is 9.91. The van der Waals surface area contributed by atoms with Crippen molar-refractivity contribution < 1.29 is 19.5 Å². The zero-order valence-corrected chi connectivity index (χ0v) is 15.7. The third-order valence-electron chi connectivity index (χ3n) is 4.11. The molecule has 0 radical (unpaired) electrons. The maximum absolute atomic E-state index is 12.5. The molecule has 5 N–H and O–H groups in total. The van der Waals surface area contributed by atoms with Gasteiger partial charge in [0.2, 0.25) is 11.8 Å². The summed E-state index contributed by atoms with van der Waals surface area (Å²) < 4.78 is 0. The highest BCUT2D eigenvalue weighted by Crippen LogP contribution is 2.08. The molecule has 0 saturated heterocycles. The molecule has 3 atom stereocenters. The minimum atomic E-state index is -1.11. The van der Waals surface area contributed by atoms with Gasteiger partial charge in [-0.05, 0) is 23.8 Å². The number of rotatable bonds is 9. The van der Waals surface area contributed by atoms with Crippen LogP contribution in [0, 0.1) is 11.8 Å². The molecule has 0 bridgehead atoms. The predicted octanol–water partition coefficient (Wildman–Crippen LogP) is 0.923. The standard InChI is InChI=1S/C19H29N3O4/c1-11(2)15(18(24)22-16(12(3)4)19(25)26)21-17(23)14(20)10-13-8-6-5-7-9-13/h5-9,11-12,14-16H,10,20H2,1-4H3,(H,21,23)(H,22,24)(H,25,26)/t14-,15-,16-/m0/s1. The summed E-state index contributed by atoms with van der Waals surface area (Å²) in [5.74, 6) is -2.58. The minimum absolute atomic E-state index is 0.218. The molecule has 26 heavy (non-hydrogen) atoms. The molecular formula is C19H29N3O4. The van der Waals surface area contributed by atoms with Crippen LogP contribution in [0.1, 0.15) is 33.3 Å². The van der Waals surface area contributed by atoms with Crippen molar-refractivity contribution in [2.75, 3.05) is 0 Å². The first-order chi connectivity index (χ1) is 12.1. The van der Waals surface area contributed by atoms with Crippen LogP contribution in [0.4, 0.5) is 0 Å². The van der Waals surface area contributed by atoms with E-state index in [2.05, 4.69) is 10.6 Å². The molecule has 0 heterocycles. The van der Waals surface area contributed by atoms with E-state index in [1.54, 1.807) is 27.7 Å². The van der Waals surface area contributed by atoms with Crippen molar-refractivity contribution in [1.82, 2.24) is 10.6 Å². The summed E-state index contributed by atoms with van der Waals surface area (Å²) in [5, 5.41) is 14.4. The Labute approximate surface area is 154 Å².